The molecule has 3 heteroatoms. The van der Waals surface area contributed by atoms with Crippen LogP contribution in [-0.4, -0.2) is 11.8 Å². The molecule has 2 aromatic carbocycles. The maximum absolute atomic E-state index is 11.9. The first-order valence-corrected chi connectivity index (χ1v) is 8.49. The van der Waals surface area contributed by atoms with Gasteiger partial charge in [-0.1, -0.05) is 42.5 Å². The molecule has 126 valence electrons. The zero-order chi connectivity index (χ0) is 17.5. The molecule has 0 amide bonds. The summed E-state index contributed by atoms with van der Waals surface area (Å²) in [5, 5.41) is 0. The van der Waals surface area contributed by atoms with Crippen LogP contribution in [0.2, 0.25) is 0 Å². The van der Waals surface area contributed by atoms with Crippen LogP contribution >= 0.6 is 0 Å². The third-order valence-corrected chi connectivity index (χ3v) is 4.11. The molecule has 0 bridgehead atoms. The topological polar surface area (TPSA) is 43.4 Å². The molecule has 2 aromatic rings. The maximum atomic E-state index is 11.9. The van der Waals surface area contributed by atoms with Gasteiger partial charge in [0.2, 0.25) is 0 Å². The second-order valence-electron chi connectivity index (χ2n) is 6.03. The van der Waals surface area contributed by atoms with Crippen molar-refractivity contribution in [1.29, 1.82) is 0 Å². The molecule has 1 saturated carbocycles. The van der Waals surface area contributed by atoms with E-state index >= 15 is 0 Å². The summed E-state index contributed by atoms with van der Waals surface area (Å²) >= 11 is 0. The zero-order valence-electron chi connectivity index (χ0n) is 14.0. The molecule has 0 atom stereocenters. The Balaban J connectivity index is 1.60. The molecule has 0 aromatic heterocycles. The minimum atomic E-state index is -0.419. The molecule has 1 aliphatic rings. The van der Waals surface area contributed by atoms with E-state index in [4.69, 9.17) is 4.74 Å². The van der Waals surface area contributed by atoms with Crippen LogP contribution in [-0.2, 0) is 9.59 Å². The van der Waals surface area contributed by atoms with Crippen molar-refractivity contribution in [3.63, 3.8) is 0 Å². The highest BCUT2D eigenvalue weighted by molar-refractivity contribution is 6.00. The Labute approximate surface area is 147 Å². The lowest BCUT2D eigenvalue weighted by molar-refractivity contribution is -0.128. The summed E-state index contributed by atoms with van der Waals surface area (Å²) in [5.41, 5.74) is 2.78. The van der Waals surface area contributed by atoms with Crippen molar-refractivity contribution in [2.45, 2.75) is 25.7 Å². The summed E-state index contributed by atoms with van der Waals surface area (Å²) in [6, 6.07) is 16.8. The largest absolute Gasteiger partial charge is 0.423 e. The third kappa shape index (κ3) is 5.01. The minimum absolute atomic E-state index is 0.243. The SMILES string of the molecule is O=C(/C=C/c1ccccc1)Oc1ccc(/C=C2\CCCCC2=O)cc1. The molecular formula is C22H20O3. The zero-order valence-corrected chi connectivity index (χ0v) is 14.0. The molecule has 0 unspecified atom stereocenters. The van der Waals surface area contributed by atoms with Crippen molar-refractivity contribution >= 4 is 23.9 Å². The number of Topliss-reactive ketones (excluding diaryl/α,β-unsaturated/α-hetero) is 1. The minimum Gasteiger partial charge on any atom is -0.423 e. The summed E-state index contributed by atoms with van der Waals surface area (Å²) in [5.74, 6) is 0.310. The van der Waals surface area contributed by atoms with Gasteiger partial charge in [-0.05, 0) is 60.2 Å². The van der Waals surface area contributed by atoms with E-state index in [0.29, 0.717) is 12.2 Å². The maximum Gasteiger partial charge on any atom is 0.336 e. The number of rotatable bonds is 4. The van der Waals surface area contributed by atoms with Crippen molar-refractivity contribution in [2.24, 2.45) is 0 Å². The number of allylic oxidation sites excluding steroid dienone is 1. The number of esters is 1. The fourth-order valence-electron chi connectivity index (χ4n) is 2.77. The lowest BCUT2D eigenvalue weighted by Crippen LogP contribution is -2.08. The van der Waals surface area contributed by atoms with Crippen LogP contribution in [0.15, 0.2) is 66.2 Å². The highest BCUT2D eigenvalue weighted by Crippen LogP contribution is 2.23. The Kier molecular flexibility index (Phi) is 5.57. The van der Waals surface area contributed by atoms with Gasteiger partial charge in [0.1, 0.15) is 5.75 Å². The molecule has 0 N–H and O–H groups in total. The number of ether oxygens (including phenoxy) is 1. The van der Waals surface area contributed by atoms with E-state index in [9.17, 15) is 9.59 Å². The number of carbonyl (C=O) groups is 2. The molecule has 1 aliphatic carbocycles. The third-order valence-electron chi connectivity index (χ3n) is 4.11. The van der Waals surface area contributed by atoms with Crippen molar-refractivity contribution in [1.82, 2.24) is 0 Å². The van der Waals surface area contributed by atoms with Gasteiger partial charge in [-0.25, -0.2) is 4.79 Å². The normalized spacial score (nSPS) is 16.3. The Morgan fingerprint density at radius 3 is 2.32 bits per heavy atom. The molecule has 3 nitrogen and oxygen atoms in total. The van der Waals surface area contributed by atoms with Crippen LogP contribution < -0.4 is 4.74 Å². The smallest absolute Gasteiger partial charge is 0.336 e. The second-order valence-corrected chi connectivity index (χ2v) is 6.03. The first-order valence-electron chi connectivity index (χ1n) is 8.49. The fourth-order valence-corrected chi connectivity index (χ4v) is 2.77. The predicted octanol–water partition coefficient (Wildman–Crippen LogP) is 4.83. The van der Waals surface area contributed by atoms with Gasteiger partial charge < -0.3 is 4.74 Å². The molecule has 0 heterocycles. The van der Waals surface area contributed by atoms with E-state index in [1.165, 1.54) is 6.08 Å². The summed E-state index contributed by atoms with van der Waals surface area (Å²) in [6.07, 6.45) is 8.61. The molecule has 3 rings (SSSR count). The van der Waals surface area contributed by atoms with Crippen LogP contribution in [0.3, 0.4) is 0 Å². The van der Waals surface area contributed by atoms with Gasteiger partial charge in [-0.2, -0.15) is 0 Å². The number of carbonyl (C=O) groups excluding carboxylic acids is 2. The number of benzene rings is 2. The van der Waals surface area contributed by atoms with Crippen LogP contribution in [0.1, 0.15) is 36.8 Å². The van der Waals surface area contributed by atoms with Crippen LogP contribution in [0.5, 0.6) is 5.75 Å². The molecule has 0 spiro atoms. The molecule has 0 radical (unpaired) electrons. The van der Waals surface area contributed by atoms with Gasteiger partial charge in [0.25, 0.3) is 0 Å². The lowest BCUT2D eigenvalue weighted by atomic mass is 9.92. The molecular weight excluding hydrogens is 312 g/mol. The Morgan fingerprint density at radius 2 is 1.60 bits per heavy atom. The second kappa shape index (κ2) is 8.25. The molecule has 0 saturated heterocycles. The fraction of sp³-hybridized carbons (Fsp3) is 0.182. The summed E-state index contributed by atoms with van der Waals surface area (Å²) in [6.45, 7) is 0. The van der Waals surface area contributed by atoms with Gasteiger partial charge in [0.15, 0.2) is 5.78 Å². The standard InChI is InChI=1S/C22H20O3/c23-21-9-5-4-8-19(21)16-18-10-13-20(14-11-18)25-22(24)15-12-17-6-2-1-3-7-17/h1-3,6-7,10-16H,4-5,8-9H2/b15-12+,19-16+. The van der Waals surface area contributed by atoms with E-state index < -0.39 is 5.97 Å². The van der Waals surface area contributed by atoms with Gasteiger partial charge >= 0.3 is 5.97 Å². The van der Waals surface area contributed by atoms with E-state index in [-0.39, 0.29) is 5.78 Å². The molecule has 1 fully saturated rings. The lowest BCUT2D eigenvalue weighted by Gasteiger charge is -2.12. The first-order chi connectivity index (χ1) is 12.2. The van der Waals surface area contributed by atoms with Gasteiger partial charge in [-0.15, -0.1) is 0 Å². The van der Waals surface area contributed by atoms with Gasteiger partial charge in [0, 0.05) is 12.5 Å². The first kappa shape index (κ1) is 16.9. The van der Waals surface area contributed by atoms with Gasteiger partial charge in [0.05, 0.1) is 0 Å². The van der Waals surface area contributed by atoms with Crippen molar-refractivity contribution in [3.8, 4) is 5.75 Å². The van der Waals surface area contributed by atoms with E-state index in [0.717, 1.165) is 36.0 Å². The van der Waals surface area contributed by atoms with Crippen LogP contribution in [0, 0.1) is 0 Å². The number of ketones is 1. The highest BCUT2D eigenvalue weighted by Gasteiger charge is 2.14. The molecule has 25 heavy (non-hydrogen) atoms. The quantitative estimate of drug-likeness (QED) is 0.457. The van der Waals surface area contributed by atoms with E-state index in [1.807, 2.05) is 48.5 Å². The number of hydrogen-bond acceptors (Lipinski definition) is 3. The average Bonchev–Trinajstić information content (AvgIpc) is 2.64. The predicted molar refractivity (Wildman–Crippen MR) is 99.0 cm³/mol. The number of hydrogen-bond donors (Lipinski definition) is 0. The average molecular weight is 332 g/mol. The molecule has 0 aliphatic heterocycles. The van der Waals surface area contributed by atoms with Crippen molar-refractivity contribution in [2.75, 3.05) is 0 Å². The van der Waals surface area contributed by atoms with E-state index in [1.54, 1.807) is 18.2 Å². The Bertz CT molecular complexity index is 799. The Morgan fingerprint density at radius 1 is 0.880 bits per heavy atom. The summed E-state index contributed by atoms with van der Waals surface area (Å²) < 4.78 is 5.29. The van der Waals surface area contributed by atoms with Crippen LogP contribution in [0.25, 0.3) is 12.2 Å². The monoisotopic (exact) mass is 332 g/mol. The highest BCUT2D eigenvalue weighted by atomic mass is 16.5. The van der Waals surface area contributed by atoms with Gasteiger partial charge in [-0.3, -0.25) is 4.79 Å². The van der Waals surface area contributed by atoms with Crippen molar-refractivity contribution in [3.05, 3.63) is 77.4 Å². The summed E-state index contributed by atoms with van der Waals surface area (Å²) in [4.78, 5) is 23.7. The Hall–Kier alpha value is -2.94. The summed E-state index contributed by atoms with van der Waals surface area (Å²) in [7, 11) is 0. The van der Waals surface area contributed by atoms with E-state index in [2.05, 4.69) is 0 Å². The van der Waals surface area contributed by atoms with Crippen molar-refractivity contribution < 1.29 is 14.3 Å². The van der Waals surface area contributed by atoms with Crippen LogP contribution in [0.4, 0.5) is 0 Å².